The van der Waals surface area contributed by atoms with Gasteiger partial charge in [-0.2, -0.15) is 0 Å². The lowest BCUT2D eigenvalue weighted by Gasteiger charge is -2.21. The van der Waals surface area contributed by atoms with E-state index in [4.69, 9.17) is 9.84 Å². The van der Waals surface area contributed by atoms with Crippen molar-refractivity contribution < 1.29 is 19.4 Å². The van der Waals surface area contributed by atoms with Crippen molar-refractivity contribution >= 4 is 23.4 Å². The Kier molecular flexibility index (Phi) is 4.28. The van der Waals surface area contributed by atoms with Crippen LogP contribution >= 0.6 is 11.3 Å². The van der Waals surface area contributed by atoms with E-state index in [1.165, 1.54) is 0 Å². The van der Waals surface area contributed by atoms with Gasteiger partial charge in [0.2, 0.25) is 5.01 Å². The van der Waals surface area contributed by atoms with E-state index >= 15 is 0 Å². The van der Waals surface area contributed by atoms with E-state index in [9.17, 15) is 9.59 Å². The number of hydrogen-bond acceptors (Lipinski definition) is 5. The third kappa shape index (κ3) is 4.33. The Bertz CT molecular complexity index is 450. The highest BCUT2D eigenvalue weighted by molar-refractivity contribution is 7.11. The molecule has 0 saturated heterocycles. The molecule has 0 radical (unpaired) electrons. The number of carboxylic acids is 1. The standard InChI is InChI=1S/C11H16N2O4S/c1-6(12-10(16)17-11(2,3)4)7-5-18-8(13-7)9(14)15/h5-6H,1-4H3,(H,12,16)(H,14,15)/t6-/m0/s1. The summed E-state index contributed by atoms with van der Waals surface area (Å²) in [5.74, 6) is -1.07. The molecule has 100 valence electrons. The molecule has 18 heavy (non-hydrogen) atoms. The van der Waals surface area contributed by atoms with E-state index in [0.717, 1.165) is 11.3 Å². The van der Waals surface area contributed by atoms with Crippen molar-refractivity contribution in [2.75, 3.05) is 0 Å². The van der Waals surface area contributed by atoms with Gasteiger partial charge < -0.3 is 15.2 Å². The van der Waals surface area contributed by atoms with Crippen LogP contribution in [-0.2, 0) is 4.74 Å². The molecule has 6 nitrogen and oxygen atoms in total. The monoisotopic (exact) mass is 272 g/mol. The van der Waals surface area contributed by atoms with Crippen molar-refractivity contribution in [1.29, 1.82) is 0 Å². The average molecular weight is 272 g/mol. The second-order valence-corrected chi connectivity index (χ2v) is 5.61. The van der Waals surface area contributed by atoms with Crippen LogP contribution in [0.1, 0.15) is 49.2 Å². The van der Waals surface area contributed by atoms with Gasteiger partial charge in [-0.15, -0.1) is 11.3 Å². The Morgan fingerprint density at radius 2 is 2.11 bits per heavy atom. The number of nitrogens with one attached hydrogen (secondary N) is 1. The highest BCUT2D eigenvalue weighted by atomic mass is 32.1. The van der Waals surface area contributed by atoms with Crippen molar-refractivity contribution in [1.82, 2.24) is 10.3 Å². The molecule has 0 aromatic carbocycles. The van der Waals surface area contributed by atoms with Gasteiger partial charge in [0.05, 0.1) is 11.7 Å². The lowest BCUT2D eigenvalue weighted by Crippen LogP contribution is -2.34. The second-order valence-electron chi connectivity index (χ2n) is 4.75. The fourth-order valence-electron chi connectivity index (χ4n) is 1.14. The third-order valence-corrected chi connectivity index (χ3v) is 2.73. The summed E-state index contributed by atoms with van der Waals surface area (Å²) in [6, 6.07) is -0.399. The van der Waals surface area contributed by atoms with Crippen molar-refractivity contribution in [2.24, 2.45) is 0 Å². The van der Waals surface area contributed by atoms with Crippen molar-refractivity contribution in [3.63, 3.8) is 0 Å². The minimum absolute atomic E-state index is 0.00263. The first-order valence-electron chi connectivity index (χ1n) is 5.37. The summed E-state index contributed by atoms with van der Waals surface area (Å²) < 4.78 is 5.09. The summed E-state index contributed by atoms with van der Waals surface area (Å²) in [6.45, 7) is 7.01. The van der Waals surface area contributed by atoms with Crippen LogP contribution in [0.5, 0.6) is 0 Å². The summed E-state index contributed by atoms with van der Waals surface area (Å²) in [6.07, 6.45) is -0.556. The predicted molar refractivity (Wildman–Crippen MR) is 66.9 cm³/mol. The van der Waals surface area contributed by atoms with Gasteiger partial charge in [0.15, 0.2) is 0 Å². The summed E-state index contributed by atoms with van der Waals surface area (Å²) in [5, 5.41) is 13.0. The number of carbonyl (C=O) groups is 2. The van der Waals surface area contributed by atoms with E-state index in [1.807, 2.05) is 0 Å². The first-order chi connectivity index (χ1) is 8.19. The van der Waals surface area contributed by atoms with Crippen LogP contribution in [0.25, 0.3) is 0 Å². The molecule has 0 fully saturated rings. The molecule has 1 aromatic rings. The maximum atomic E-state index is 11.5. The number of rotatable bonds is 3. The number of carbonyl (C=O) groups excluding carboxylic acids is 1. The number of thiazole rings is 1. The van der Waals surface area contributed by atoms with E-state index in [-0.39, 0.29) is 5.01 Å². The number of amides is 1. The number of hydrogen-bond donors (Lipinski definition) is 2. The van der Waals surface area contributed by atoms with Gasteiger partial charge >= 0.3 is 12.1 Å². The van der Waals surface area contributed by atoms with Gasteiger partial charge in [-0.25, -0.2) is 14.6 Å². The summed E-state index contributed by atoms with van der Waals surface area (Å²) >= 11 is 1.02. The minimum atomic E-state index is -1.07. The number of carboxylic acid groups (broad SMARTS) is 1. The van der Waals surface area contributed by atoms with Crippen molar-refractivity contribution in [3.8, 4) is 0 Å². The van der Waals surface area contributed by atoms with Crippen LogP contribution in [0.4, 0.5) is 4.79 Å². The van der Waals surface area contributed by atoms with Crippen molar-refractivity contribution in [3.05, 3.63) is 16.1 Å². The normalized spacial score (nSPS) is 12.9. The first kappa shape index (κ1) is 14.4. The molecule has 1 heterocycles. The van der Waals surface area contributed by atoms with Crippen LogP contribution in [-0.4, -0.2) is 27.8 Å². The minimum Gasteiger partial charge on any atom is -0.476 e. The van der Waals surface area contributed by atoms with Crippen LogP contribution in [0, 0.1) is 0 Å². The maximum absolute atomic E-state index is 11.5. The molecule has 0 saturated carbocycles. The molecule has 0 bridgehead atoms. The Labute approximate surface area is 109 Å². The average Bonchev–Trinajstić information content (AvgIpc) is 2.62. The lowest BCUT2D eigenvalue weighted by molar-refractivity contribution is 0.0507. The Morgan fingerprint density at radius 1 is 1.50 bits per heavy atom. The van der Waals surface area contributed by atoms with Crippen LogP contribution in [0.2, 0.25) is 0 Å². The van der Waals surface area contributed by atoms with Crippen LogP contribution in [0.15, 0.2) is 5.38 Å². The SMILES string of the molecule is C[C@H](NC(=O)OC(C)(C)C)c1csc(C(=O)O)n1. The third-order valence-electron chi connectivity index (χ3n) is 1.88. The molecule has 0 aliphatic carbocycles. The zero-order valence-electron chi connectivity index (χ0n) is 10.7. The smallest absolute Gasteiger partial charge is 0.408 e. The highest BCUT2D eigenvalue weighted by Gasteiger charge is 2.20. The Balaban J connectivity index is 2.62. The molecule has 1 amide bonds. The predicted octanol–water partition coefficient (Wildman–Crippen LogP) is 2.43. The molecule has 0 spiro atoms. The number of alkyl carbamates (subject to hydrolysis) is 1. The number of nitrogens with zero attached hydrogens (tertiary/aromatic N) is 1. The molecule has 7 heteroatoms. The summed E-state index contributed by atoms with van der Waals surface area (Å²) in [7, 11) is 0. The second kappa shape index (κ2) is 5.34. The molecule has 0 aliphatic heterocycles. The molecular weight excluding hydrogens is 256 g/mol. The number of ether oxygens (including phenoxy) is 1. The van der Waals surface area contributed by atoms with Crippen LogP contribution < -0.4 is 5.32 Å². The van der Waals surface area contributed by atoms with E-state index in [2.05, 4.69) is 10.3 Å². The van der Waals surface area contributed by atoms with Gasteiger partial charge in [-0.3, -0.25) is 0 Å². The zero-order chi connectivity index (χ0) is 13.9. The first-order valence-corrected chi connectivity index (χ1v) is 6.25. The van der Waals surface area contributed by atoms with E-state index < -0.39 is 23.7 Å². The summed E-state index contributed by atoms with van der Waals surface area (Å²) in [4.78, 5) is 26.1. The van der Waals surface area contributed by atoms with E-state index in [0.29, 0.717) is 5.69 Å². The Hall–Kier alpha value is -1.63. The highest BCUT2D eigenvalue weighted by Crippen LogP contribution is 2.17. The maximum Gasteiger partial charge on any atom is 0.408 e. The molecule has 2 N–H and O–H groups in total. The fourth-order valence-corrected chi connectivity index (χ4v) is 1.89. The van der Waals surface area contributed by atoms with Gasteiger partial charge in [-0.1, -0.05) is 0 Å². The number of aromatic nitrogens is 1. The fraction of sp³-hybridized carbons (Fsp3) is 0.545. The Morgan fingerprint density at radius 3 is 2.56 bits per heavy atom. The molecule has 0 aliphatic rings. The van der Waals surface area contributed by atoms with Gasteiger partial charge in [0.1, 0.15) is 5.60 Å². The molecule has 1 atom stereocenters. The number of aromatic carboxylic acids is 1. The van der Waals surface area contributed by atoms with Gasteiger partial charge in [-0.05, 0) is 27.7 Å². The van der Waals surface area contributed by atoms with Gasteiger partial charge in [0, 0.05) is 5.38 Å². The lowest BCUT2D eigenvalue weighted by atomic mass is 10.2. The quantitative estimate of drug-likeness (QED) is 0.882. The topological polar surface area (TPSA) is 88.5 Å². The molecule has 1 aromatic heterocycles. The van der Waals surface area contributed by atoms with E-state index in [1.54, 1.807) is 33.1 Å². The molecular formula is C11H16N2O4S. The summed E-state index contributed by atoms with van der Waals surface area (Å²) in [5.41, 5.74) is -0.0683. The zero-order valence-corrected chi connectivity index (χ0v) is 11.5. The molecule has 0 unspecified atom stereocenters. The largest absolute Gasteiger partial charge is 0.476 e. The molecule has 1 rings (SSSR count). The van der Waals surface area contributed by atoms with Crippen molar-refractivity contribution in [2.45, 2.75) is 39.3 Å². The van der Waals surface area contributed by atoms with Gasteiger partial charge in [0.25, 0.3) is 0 Å². The van der Waals surface area contributed by atoms with Crippen LogP contribution in [0.3, 0.4) is 0 Å².